The number of H-pyrrole nitrogens is 4. The molecule has 0 fully saturated rings. The van der Waals surface area contributed by atoms with Gasteiger partial charge in [0, 0.05) is 48.8 Å². The Morgan fingerprint density at radius 2 is 0.750 bits per heavy atom. The van der Waals surface area contributed by atoms with E-state index in [1.807, 2.05) is 6.08 Å². The molecule has 0 saturated carbocycles. The van der Waals surface area contributed by atoms with Crippen LogP contribution in [0.1, 0.15) is 5.69 Å². The van der Waals surface area contributed by atoms with Crippen molar-refractivity contribution in [1.82, 2.24) is 19.9 Å². The van der Waals surface area contributed by atoms with Crippen LogP contribution in [0.5, 0.6) is 0 Å². The van der Waals surface area contributed by atoms with E-state index in [4.69, 9.17) is 108 Å². The van der Waals surface area contributed by atoms with Crippen LogP contribution in [0.3, 0.4) is 0 Å². The van der Waals surface area contributed by atoms with Crippen molar-refractivity contribution in [2.45, 2.75) is 0 Å². The highest BCUT2D eigenvalue weighted by atomic mass is 35.5. The highest BCUT2D eigenvalue weighted by molar-refractivity contribution is 6.44. The number of nitrogens with one attached hydrogen (secondary N) is 4. The number of fused-ring (bicyclic) bond motifs is 20. The molecule has 48 heavy (non-hydrogen) atoms. The van der Waals surface area contributed by atoms with Crippen molar-refractivity contribution in [3.05, 3.63) is 116 Å². The minimum Gasteiger partial charge on any atom is -0.339 e. The van der Waals surface area contributed by atoms with Gasteiger partial charge in [0.05, 0.1) is 45.5 Å². The smallest absolute Gasteiger partial charge is 0.143 e. The third-order valence-electron chi connectivity index (χ3n) is 8.30. The van der Waals surface area contributed by atoms with Crippen LogP contribution in [0.25, 0.3) is 49.2 Å². The molecular weight excluding hydrogens is 778 g/mol. The van der Waals surface area contributed by atoms with Crippen LogP contribution >= 0.6 is 92.8 Å². The zero-order valence-electron chi connectivity index (χ0n) is 23.6. The van der Waals surface area contributed by atoms with Crippen molar-refractivity contribution in [2.75, 3.05) is 0 Å². The maximum absolute atomic E-state index is 6.82. The molecular formula is C33H13Cl8N7. The van der Waals surface area contributed by atoms with Crippen molar-refractivity contribution in [3.63, 3.8) is 0 Å². The van der Waals surface area contributed by atoms with E-state index >= 15 is 0 Å². The molecule has 15 heteroatoms. The fraction of sp³-hybridized carbons (Fsp3) is 0. The molecule has 1 aliphatic heterocycles. The van der Waals surface area contributed by atoms with Gasteiger partial charge in [0.15, 0.2) is 0 Å². The molecule has 0 aliphatic carbocycles. The molecule has 1 aliphatic rings. The summed E-state index contributed by atoms with van der Waals surface area (Å²) >= 11 is 53.3. The lowest BCUT2D eigenvalue weighted by Crippen LogP contribution is -2.11. The molecule has 9 rings (SSSR count). The number of aromatic amines is 4. The van der Waals surface area contributed by atoms with Crippen LogP contribution in [0.15, 0.2) is 63.5 Å². The fourth-order valence-corrected chi connectivity index (χ4v) is 7.84. The Kier molecular flexibility index (Phi) is 7.07. The lowest BCUT2D eigenvalue weighted by atomic mass is 10.1. The summed E-state index contributed by atoms with van der Waals surface area (Å²) in [7, 11) is 0. The van der Waals surface area contributed by atoms with Gasteiger partial charge in [-0.25, -0.2) is 15.0 Å². The molecule has 0 radical (unpaired) electrons. The van der Waals surface area contributed by atoms with Gasteiger partial charge < -0.3 is 19.9 Å². The van der Waals surface area contributed by atoms with E-state index in [0.717, 1.165) is 5.39 Å². The summed E-state index contributed by atoms with van der Waals surface area (Å²) in [4.78, 5) is 28.6. The molecule has 0 atom stereocenters. The molecule has 236 valence electrons. The third kappa shape index (κ3) is 4.61. The molecule has 0 amide bonds. The summed E-state index contributed by atoms with van der Waals surface area (Å²) in [5, 5.41) is 9.00. The number of hydrogen-bond donors (Lipinski definition) is 4. The van der Waals surface area contributed by atoms with Crippen LogP contribution in [-0.4, -0.2) is 19.9 Å². The van der Waals surface area contributed by atoms with Gasteiger partial charge in [-0.05, 0) is 54.6 Å². The normalized spacial score (nSPS) is 12.8. The largest absolute Gasteiger partial charge is 0.339 e. The van der Waals surface area contributed by atoms with Crippen LogP contribution < -0.4 is 21.8 Å². The Bertz CT molecular complexity index is 2610. The molecule has 8 aromatic rings. The Balaban J connectivity index is 1.55. The standard InChI is InChI=1S/C33H13Cl8N7/c34-14-1-2-15(35)25-24(14)23-9-22-10-5-18(38)19(39)6-11(10)28(42-22)45-32-26-16(36)3-4-17(37)27(26)33(48-32)47-30-13-8-21(41)20(40)7-12(13)29(44-30)46-31(25)43-23/h1-9H,(H4,42,43,44,45,46,47,48). The minimum absolute atomic E-state index is 0.343. The summed E-state index contributed by atoms with van der Waals surface area (Å²) in [5.41, 5.74) is 1.92. The van der Waals surface area contributed by atoms with E-state index in [1.54, 1.807) is 48.5 Å². The predicted molar refractivity (Wildman–Crippen MR) is 199 cm³/mol. The van der Waals surface area contributed by atoms with Gasteiger partial charge in [-0.1, -0.05) is 92.8 Å². The first-order valence-corrected chi connectivity index (χ1v) is 17.1. The van der Waals surface area contributed by atoms with E-state index in [2.05, 4.69) is 19.9 Å². The molecule has 4 aromatic carbocycles. The quantitative estimate of drug-likeness (QED) is 0.118. The topological polar surface area (TPSA) is 100 Å². The summed E-state index contributed by atoms with van der Waals surface area (Å²) in [6.45, 7) is 0. The Hall–Kier alpha value is -3.37. The van der Waals surface area contributed by atoms with E-state index < -0.39 is 0 Å². The van der Waals surface area contributed by atoms with Crippen molar-refractivity contribution >= 4 is 159 Å². The Morgan fingerprint density at radius 3 is 1.25 bits per heavy atom. The molecule has 0 spiro atoms. The van der Waals surface area contributed by atoms with Gasteiger partial charge >= 0.3 is 0 Å². The summed E-state index contributed by atoms with van der Waals surface area (Å²) in [6.07, 6.45) is 1.90. The van der Waals surface area contributed by atoms with Crippen molar-refractivity contribution in [1.29, 1.82) is 0 Å². The van der Waals surface area contributed by atoms with Gasteiger partial charge in [-0.3, -0.25) is 0 Å². The second-order valence-electron chi connectivity index (χ2n) is 11.1. The van der Waals surface area contributed by atoms with E-state index in [0.29, 0.717) is 123 Å². The zero-order valence-corrected chi connectivity index (χ0v) is 29.6. The van der Waals surface area contributed by atoms with Gasteiger partial charge in [0.25, 0.3) is 0 Å². The fourth-order valence-electron chi connectivity index (χ4n) is 6.18. The second kappa shape index (κ2) is 11.1. The van der Waals surface area contributed by atoms with E-state index in [-0.39, 0.29) is 0 Å². The lowest BCUT2D eigenvalue weighted by Gasteiger charge is -1.99. The Labute approximate surface area is 308 Å². The summed E-state index contributed by atoms with van der Waals surface area (Å²) < 4.78 is 0. The second-order valence-corrected chi connectivity index (χ2v) is 14.3. The van der Waals surface area contributed by atoms with Crippen LogP contribution in [0.4, 0.5) is 17.5 Å². The van der Waals surface area contributed by atoms with E-state index in [9.17, 15) is 0 Å². The van der Waals surface area contributed by atoms with E-state index in [1.165, 1.54) is 0 Å². The summed E-state index contributed by atoms with van der Waals surface area (Å²) in [6, 6.07) is 13.9. The average molecular weight is 791 g/mol. The number of rotatable bonds is 0. The van der Waals surface area contributed by atoms with Crippen molar-refractivity contribution in [2.24, 2.45) is 15.0 Å². The molecule has 4 aromatic heterocycles. The molecule has 4 N–H and O–H groups in total. The molecule has 5 heterocycles. The maximum atomic E-state index is 6.82. The molecule has 0 unspecified atom stereocenters. The third-order valence-corrected chi connectivity index (χ3v) is 11.0. The molecule has 0 saturated heterocycles. The Morgan fingerprint density at radius 1 is 0.375 bits per heavy atom. The first kappa shape index (κ1) is 30.7. The number of hydrogen-bond acceptors (Lipinski definition) is 3. The summed E-state index contributed by atoms with van der Waals surface area (Å²) in [5.74, 6) is 1.35. The predicted octanol–water partition coefficient (Wildman–Crippen LogP) is 10.8. The molecule has 8 bridgehead atoms. The minimum atomic E-state index is 0.343. The van der Waals surface area contributed by atoms with Crippen LogP contribution in [0, 0.1) is 0 Å². The first-order chi connectivity index (χ1) is 23.0. The van der Waals surface area contributed by atoms with Crippen LogP contribution in [-0.2, 0) is 0 Å². The average Bonchev–Trinajstić information content (AvgIpc) is 3.77. The monoisotopic (exact) mass is 787 g/mol. The number of nitrogens with zero attached hydrogens (tertiary/aromatic N) is 3. The maximum Gasteiger partial charge on any atom is 0.143 e. The highest BCUT2D eigenvalue weighted by Gasteiger charge is 2.19. The first-order valence-electron chi connectivity index (χ1n) is 14.1. The number of aromatic nitrogens is 4. The highest BCUT2D eigenvalue weighted by Crippen LogP contribution is 2.40. The number of benzene rings is 4. The van der Waals surface area contributed by atoms with Gasteiger partial charge in [0.1, 0.15) is 33.9 Å². The molecule has 7 nitrogen and oxygen atoms in total. The van der Waals surface area contributed by atoms with Crippen molar-refractivity contribution in [3.8, 4) is 0 Å². The van der Waals surface area contributed by atoms with Crippen LogP contribution in [0.2, 0.25) is 40.2 Å². The number of halogens is 8. The van der Waals surface area contributed by atoms with Gasteiger partial charge in [-0.15, -0.1) is 0 Å². The van der Waals surface area contributed by atoms with Gasteiger partial charge in [0.2, 0.25) is 0 Å². The SMILES string of the molecule is Clc1cc2c3[nH]c(c2cc1Cl)N=c1[nH]c(c2c(Cl)ccc(Cl)c12)=Nc1[nH]c(c2cc(Cl)c(Cl)cc12)N=c1[nH]c(c2c(Cl)ccc(Cl)c12)=C3. The van der Waals surface area contributed by atoms with Crippen molar-refractivity contribution < 1.29 is 0 Å². The lowest BCUT2D eigenvalue weighted by molar-refractivity contribution is 1.10. The van der Waals surface area contributed by atoms with Gasteiger partial charge in [-0.2, -0.15) is 0 Å². The zero-order chi connectivity index (χ0) is 33.2.